The van der Waals surface area contributed by atoms with Crippen LogP contribution in [0.2, 0.25) is 0 Å². The summed E-state index contributed by atoms with van der Waals surface area (Å²) < 4.78 is 0. The van der Waals surface area contributed by atoms with Crippen molar-refractivity contribution in [2.24, 2.45) is 0 Å². The summed E-state index contributed by atoms with van der Waals surface area (Å²) in [5.74, 6) is -0.142. The minimum atomic E-state index is -0.265. The molecule has 30 heavy (non-hydrogen) atoms. The molecule has 2 aromatic carbocycles. The van der Waals surface area contributed by atoms with Gasteiger partial charge in [-0.15, -0.1) is 11.3 Å². The van der Waals surface area contributed by atoms with E-state index < -0.39 is 0 Å². The first-order valence-electron chi connectivity index (χ1n) is 10.00. The van der Waals surface area contributed by atoms with E-state index in [1.54, 1.807) is 29.5 Å². The summed E-state index contributed by atoms with van der Waals surface area (Å²) in [6.45, 7) is 2.34. The fourth-order valence-electron chi connectivity index (χ4n) is 3.51. The molecule has 2 heterocycles. The fourth-order valence-corrected chi connectivity index (χ4v) is 4.34. The van der Waals surface area contributed by atoms with Gasteiger partial charge in [-0.2, -0.15) is 0 Å². The molecule has 154 valence electrons. The quantitative estimate of drug-likeness (QED) is 0.345. The molecule has 4 N–H and O–H groups in total. The zero-order valence-electron chi connectivity index (χ0n) is 16.7. The first kappa shape index (κ1) is 20.1. The van der Waals surface area contributed by atoms with Gasteiger partial charge in [0, 0.05) is 10.6 Å². The Morgan fingerprint density at radius 3 is 2.60 bits per heavy atom. The van der Waals surface area contributed by atoms with E-state index in [1.807, 2.05) is 11.4 Å². The van der Waals surface area contributed by atoms with Crippen molar-refractivity contribution in [3.05, 3.63) is 86.5 Å². The average molecular weight is 421 g/mol. The van der Waals surface area contributed by atoms with Crippen LogP contribution in [0.15, 0.2) is 64.8 Å². The van der Waals surface area contributed by atoms with Crippen molar-refractivity contribution in [2.45, 2.75) is 25.8 Å². The summed E-state index contributed by atoms with van der Waals surface area (Å²) in [6, 6.07) is 17.9. The first-order valence-corrected chi connectivity index (χ1v) is 10.9. The lowest BCUT2D eigenvalue weighted by Crippen LogP contribution is -2.31. The van der Waals surface area contributed by atoms with Crippen LogP contribution in [0.5, 0.6) is 0 Å². The van der Waals surface area contributed by atoms with Gasteiger partial charge in [0.05, 0.1) is 23.6 Å². The average Bonchev–Trinajstić information content (AvgIpc) is 3.38. The van der Waals surface area contributed by atoms with Crippen molar-refractivity contribution in [1.82, 2.24) is 15.3 Å². The molecule has 1 amide bonds. The molecule has 0 aliphatic rings. The van der Waals surface area contributed by atoms with Crippen molar-refractivity contribution in [3.8, 4) is 0 Å². The van der Waals surface area contributed by atoms with Gasteiger partial charge in [-0.05, 0) is 47.2 Å². The van der Waals surface area contributed by atoms with Crippen LogP contribution in [-0.4, -0.2) is 22.4 Å². The molecule has 0 bridgehead atoms. The number of carbonyl (C=O) groups is 1. The monoisotopic (exact) mass is 420 g/mol. The van der Waals surface area contributed by atoms with Gasteiger partial charge in [-0.25, -0.2) is 4.79 Å². The lowest BCUT2D eigenvalue weighted by Gasteiger charge is -2.18. The highest BCUT2D eigenvalue weighted by Crippen LogP contribution is 2.26. The molecule has 4 aromatic rings. The minimum Gasteiger partial charge on any atom is -0.325 e. The molecular weight excluding hydrogens is 396 g/mol. The molecule has 0 aliphatic carbocycles. The van der Waals surface area contributed by atoms with Crippen LogP contribution in [0.4, 0.5) is 5.69 Å². The highest BCUT2D eigenvalue weighted by molar-refractivity contribution is 7.10. The number of rotatable bonds is 8. The van der Waals surface area contributed by atoms with E-state index in [0.717, 1.165) is 23.3 Å². The second-order valence-corrected chi connectivity index (χ2v) is 8.19. The van der Waals surface area contributed by atoms with E-state index in [9.17, 15) is 9.59 Å². The summed E-state index contributed by atoms with van der Waals surface area (Å²) in [6.07, 6.45) is 2.19. The summed E-state index contributed by atoms with van der Waals surface area (Å²) in [7, 11) is 0. The number of amides is 1. The van der Waals surface area contributed by atoms with Crippen LogP contribution in [0, 0.1) is 0 Å². The minimum absolute atomic E-state index is 0.0464. The van der Waals surface area contributed by atoms with Crippen LogP contribution in [-0.2, 0) is 11.2 Å². The Bertz CT molecular complexity index is 1180. The van der Waals surface area contributed by atoms with Crippen LogP contribution in [0.3, 0.4) is 0 Å². The van der Waals surface area contributed by atoms with Crippen molar-refractivity contribution in [1.29, 1.82) is 0 Å². The van der Waals surface area contributed by atoms with E-state index in [0.29, 0.717) is 16.7 Å². The van der Waals surface area contributed by atoms with E-state index in [4.69, 9.17) is 0 Å². The van der Waals surface area contributed by atoms with E-state index in [1.165, 1.54) is 5.56 Å². The third kappa shape index (κ3) is 4.69. The van der Waals surface area contributed by atoms with E-state index >= 15 is 0 Å². The number of thiophene rings is 1. The van der Waals surface area contributed by atoms with Gasteiger partial charge >= 0.3 is 5.69 Å². The van der Waals surface area contributed by atoms with Crippen molar-refractivity contribution in [2.75, 3.05) is 11.9 Å². The van der Waals surface area contributed by atoms with Gasteiger partial charge in [0.2, 0.25) is 5.91 Å². The predicted molar refractivity (Wildman–Crippen MR) is 122 cm³/mol. The topological polar surface area (TPSA) is 89.8 Å². The number of aromatic amines is 2. The molecule has 0 saturated heterocycles. The van der Waals surface area contributed by atoms with E-state index in [2.05, 4.69) is 57.9 Å². The number of anilines is 1. The molecule has 6 nitrogen and oxygen atoms in total. The third-order valence-electron chi connectivity index (χ3n) is 4.95. The van der Waals surface area contributed by atoms with Crippen LogP contribution in [0.1, 0.15) is 35.4 Å². The maximum Gasteiger partial charge on any atom is 0.323 e. The zero-order chi connectivity index (χ0) is 20.9. The van der Waals surface area contributed by atoms with Crippen molar-refractivity contribution in [3.63, 3.8) is 0 Å². The summed E-state index contributed by atoms with van der Waals surface area (Å²) in [4.78, 5) is 30.5. The molecule has 7 heteroatoms. The smallest absolute Gasteiger partial charge is 0.323 e. The van der Waals surface area contributed by atoms with Crippen molar-refractivity contribution < 1.29 is 4.79 Å². The van der Waals surface area contributed by atoms with Crippen molar-refractivity contribution >= 4 is 34.0 Å². The van der Waals surface area contributed by atoms with Crippen LogP contribution >= 0.6 is 11.3 Å². The number of hydrogen-bond acceptors (Lipinski definition) is 4. The number of carbonyl (C=O) groups excluding carboxylic acids is 1. The Kier molecular flexibility index (Phi) is 6.11. The maximum absolute atomic E-state index is 12.5. The highest BCUT2D eigenvalue weighted by atomic mass is 32.1. The molecule has 0 radical (unpaired) electrons. The molecule has 0 spiro atoms. The van der Waals surface area contributed by atoms with Gasteiger partial charge in [-0.1, -0.05) is 43.7 Å². The van der Waals surface area contributed by atoms with Crippen LogP contribution < -0.4 is 16.3 Å². The van der Waals surface area contributed by atoms with Gasteiger partial charge in [-0.3, -0.25) is 10.1 Å². The molecule has 2 aromatic heterocycles. The number of hydrogen-bond donors (Lipinski definition) is 4. The Labute approximate surface area is 178 Å². The lowest BCUT2D eigenvalue weighted by molar-refractivity contribution is -0.115. The SMILES string of the molecule is CCCc1ccc([C@@H](NCC(=O)Nc2ccc3[nH]c(=O)[nH]c3c2)c2cccs2)cc1. The Morgan fingerprint density at radius 1 is 1.07 bits per heavy atom. The third-order valence-corrected chi connectivity index (χ3v) is 5.88. The number of H-pyrrole nitrogens is 2. The first-order chi connectivity index (χ1) is 14.6. The number of benzene rings is 2. The largest absolute Gasteiger partial charge is 0.325 e. The Balaban J connectivity index is 1.44. The van der Waals surface area contributed by atoms with Gasteiger partial charge in [0.25, 0.3) is 0 Å². The van der Waals surface area contributed by atoms with Crippen LogP contribution in [0.25, 0.3) is 11.0 Å². The zero-order valence-corrected chi connectivity index (χ0v) is 17.5. The molecule has 0 fully saturated rings. The Hall–Kier alpha value is -3.16. The summed E-state index contributed by atoms with van der Waals surface area (Å²) in [5.41, 5.74) is 4.20. The standard InChI is InChI=1S/C23H24N4O2S/c1-2-4-15-6-8-16(9-7-15)22(20-5-3-12-30-20)24-14-21(28)25-17-10-11-18-19(13-17)27-23(29)26-18/h3,5-13,22,24H,2,4,14H2,1H3,(H,25,28)(H2,26,27,29)/t22-/m1/s1. The number of imidazole rings is 1. The second kappa shape index (κ2) is 9.11. The molecule has 0 aliphatic heterocycles. The number of aryl methyl sites for hydroxylation is 1. The molecular formula is C23H24N4O2S. The number of fused-ring (bicyclic) bond motifs is 1. The number of aromatic nitrogens is 2. The molecule has 0 unspecified atom stereocenters. The summed E-state index contributed by atoms with van der Waals surface area (Å²) >= 11 is 1.67. The molecule has 0 saturated carbocycles. The normalized spacial score (nSPS) is 12.2. The second-order valence-electron chi connectivity index (χ2n) is 7.21. The lowest BCUT2D eigenvalue weighted by atomic mass is 10.0. The van der Waals surface area contributed by atoms with Gasteiger partial charge in [0.1, 0.15) is 0 Å². The van der Waals surface area contributed by atoms with Gasteiger partial charge < -0.3 is 15.3 Å². The predicted octanol–water partition coefficient (Wildman–Crippen LogP) is 4.19. The van der Waals surface area contributed by atoms with Gasteiger partial charge in [0.15, 0.2) is 0 Å². The van der Waals surface area contributed by atoms with E-state index in [-0.39, 0.29) is 24.2 Å². The molecule has 4 rings (SSSR count). The Morgan fingerprint density at radius 2 is 1.87 bits per heavy atom. The highest BCUT2D eigenvalue weighted by Gasteiger charge is 2.16. The molecule has 1 atom stereocenters. The fraction of sp³-hybridized carbons (Fsp3) is 0.217. The number of nitrogens with one attached hydrogen (secondary N) is 4. The maximum atomic E-state index is 12.5. The summed E-state index contributed by atoms with van der Waals surface area (Å²) in [5, 5.41) is 8.32.